The molecule has 2 amide bonds. The van der Waals surface area contributed by atoms with Gasteiger partial charge in [0.15, 0.2) is 0 Å². The van der Waals surface area contributed by atoms with Gasteiger partial charge in [-0.15, -0.1) is 0 Å². The van der Waals surface area contributed by atoms with E-state index in [4.69, 9.17) is 9.47 Å². The van der Waals surface area contributed by atoms with E-state index in [0.29, 0.717) is 32.0 Å². The van der Waals surface area contributed by atoms with Crippen molar-refractivity contribution in [3.05, 3.63) is 24.3 Å². The smallest absolute Gasteiger partial charge is 0.321 e. The molecule has 1 heterocycles. The topological polar surface area (TPSA) is 67.9 Å². The Morgan fingerprint density at radius 2 is 1.96 bits per heavy atom. The lowest BCUT2D eigenvalue weighted by atomic mass is 9.98. The number of carbonyl (C=O) groups is 2. The first-order chi connectivity index (χ1) is 11.1. The highest BCUT2D eigenvalue weighted by molar-refractivity contribution is 5.89. The maximum absolute atomic E-state index is 12.3. The number of urea groups is 1. The lowest BCUT2D eigenvalue weighted by Gasteiger charge is -2.31. The normalized spacial score (nSPS) is 17.5. The SMILES string of the molecule is CCOC(=O)[C@@H]1CCCN(C(=O)Nc2ccc(OCC)cc2)C1. The lowest BCUT2D eigenvalue weighted by Crippen LogP contribution is -2.44. The van der Waals surface area contributed by atoms with E-state index < -0.39 is 0 Å². The van der Waals surface area contributed by atoms with Gasteiger partial charge in [0.25, 0.3) is 0 Å². The monoisotopic (exact) mass is 320 g/mol. The molecule has 0 aromatic heterocycles. The number of carbonyl (C=O) groups excluding carboxylic acids is 2. The highest BCUT2D eigenvalue weighted by Gasteiger charge is 2.29. The maximum Gasteiger partial charge on any atom is 0.321 e. The van der Waals surface area contributed by atoms with Crippen LogP contribution in [0.4, 0.5) is 10.5 Å². The van der Waals surface area contributed by atoms with Crippen LogP contribution in [0.15, 0.2) is 24.3 Å². The van der Waals surface area contributed by atoms with Gasteiger partial charge < -0.3 is 19.7 Å². The largest absolute Gasteiger partial charge is 0.494 e. The van der Waals surface area contributed by atoms with Crippen molar-refractivity contribution in [3.8, 4) is 5.75 Å². The molecule has 23 heavy (non-hydrogen) atoms. The van der Waals surface area contributed by atoms with Crippen LogP contribution in [-0.4, -0.2) is 43.2 Å². The molecule has 1 atom stereocenters. The summed E-state index contributed by atoms with van der Waals surface area (Å²) < 4.78 is 10.4. The molecule has 6 nitrogen and oxygen atoms in total. The van der Waals surface area contributed by atoms with E-state index in [1.54, 1.807) is 24.0 Å². The predicted molar refractivity (Wildman–Crippen MR) is 87.6 cm³/mol. The van der Waals surface area contributed by atoms with E-state index in [1.807, 2.05) is 19.1 Å². The summed E-state index contributed by atoms with van der Waals surface area (Å²) in [6.07, 6.45) is 1.58. The van der Waals surface area contributed by atoms with Crippen LogP contribution in [-0.2, 0) is 9.53 Å². The molecule has 0 saturated carbocycles. The van der Waals surface area contributed by atoms with Gasteiger partial charge in [-0.3, -0.25) is 4.79 Å². The molecule has 1 aromatic carbocycles. The van der Waals surface area contributed by atoms with Crippen LogP contribution in [0.2, 0.25) is 0 Å². The predicted octanol–water partition coefficient (Wildman–Crippen LogP) is 2.89. The molecule has 0 spiro atoms. The third-order valence-electron chi connectivity index (χ3n) is 3.75. The van der Waals surface area contributed by atoms with E-state index in [2.05, 4.69) is 5.32 Å². The van der Waals surface area contributed by atoms with Crippen molar-refractivity contribution in [2.45, 2.75) is 26.7 Å². The molecule has 0 aliphatic carbocycles. The summed E-state index contributed by atoms with van der Waals surface area (Å²) in [4.78, 5) is 25.8. The molecule has 1 aliphatic heterocycles. The Bertz CT molecular complexity index is 530. The number of nitrogens with one attached hydrogen (secondary N) is 1. The van der Waals surface area contributed by atoms with Crippen LogP contribution in [0.3, 0.4) is 0 Å². The van der Waals surface area contributed by atoms with Crippen molar-refractivity contribution < 1.29 is 19.1 Å². The minimum atomic E-state index is -0.227. The molecule has 126 valence electrons. The second-order valence-electron chi connectivity index (χ2n) is 5.42. The number of rotatable bonds is 5. The number of amides is 2. The fourth-order valence-corrected chi connectivity index (χ4v) is 2.62. The van der Waals surface area contributed by atoms with Crippen molar-refractivity contribution in [1.82, 2.24) is 4.90 Å². The first-order valence-corrected chi connectivity index (χ1v) is 8.09. The molecule has 1 fully saturated rings. The molecule has 6 heteroatoms. The van der Waals surface area contributed by atoms with Crippen molar-refractivity contribution in [2.75, 3.05) is 31.6 Å². The fourth-order valence-electron chi connectivity index (χ4n) is 2.62. The van der Waals surface area contributed by atoms with Crippen LogP contribution in [0.1, 0.15) is 26.7 Å². The average Bonchev–Trinajstić information content (AvgIpc) is 2.57. The number of anilines is 1. The van der Waals surface area contributed by atoms with Gasteiger partial charge in [-0.05, 0) is 51.0 Å². The highest BCUT2D eigenvalue weighted by Crippen LogP contribution is 2.20. The number of esters is 1. The summed E-state index contributed by atoms with van der Waals surface area (Å²) in [6.45, 7) is 5.74. The van der Waals surface area contributed by atoms with E-state index in [9.17, 15) is 9.59 Å². The maximum atomic E-state index is 12.3. The Labute approximate surface area is 136 Å². The van der Waals surface area contributed by atoms with Gasteiger partial charge in [-0.25, -0.2) is 4.79 Å². The second-order valence-corrected chi connectivity index (χ2v) is 5.42. The Hall–Kier alpha value is -2.24. The van der Waals surface area contributed by atoms with Gasteiger partial charge in [0.2, 0.25) is 0 Å². The molecular formula is C17H24N2O4. The summed E-state index contributed by atoms with van der Waals surface area (Å²) in [5.74, 6) is 0.326. The number of piperidine rings is 1. The van der Waals surface area contributed by atoms with Crippen molar-refractivity contribution in [1.29, 1.82) is 0 Å². The zero-order valence-electron chi connectivity index (χ0n) is 13.7. The van der Waals surface area contributed by atoms with Crippen LogP contribution in [0.25, 0.3) is 0 Å². The third-order valence-corrected chi connectivity index (χ3v) is 3.75. The molecule has 0 bridgehead atoms. The quantitative estimate of drug-likeness (QED) is 0.847. The Balaban J connectivity index is 1.90. The molecule has 0 unspecified atom stereocenters. The molecule has 1 aliphatic rings. The van der Waals surface area contributed by atoms with E-state index in [1.165, 1.54) is 0 Å². The molecule has 2 rings (SSSR count). The van der Waals surface area contributed by atoms with Crippen LogP contribution < -0.4 is 10.1 Å². The van der Waals surface area contributed by atoms with Crippen LogP contribution >= 0.6 is 0 Å². The number of nitrogens with zero attached hydrogens (tertiary/aromatic N) is 1. The molecule has 1 saturated heterocycles. The average molecular weight is 320 g/mol. The molecule has 1 aromatic rings. The van der Waals surface area contributed by atoms with Gasteiger partial charge in [-0.2, -0.15) is 0 Å². The van der Waals surface area contributed by atoms with Gasteiger partial charge in [-0.1, -0.05) is 0 Å². The Kier molecular flexibility index (Phi) is 6.26. The second kappa shape index (κ2) is 8.41. The van der Waals surface area contributed by atoms with Crippen LogP contribution in [0, 0.1) is 5.92 Å². The molecule has 1 N–H and O–H groups in total. The lowest BCUT2D eigenvalue weighted by molar-refractivity contribution is -0.149. The van der Waals surface area contributed by atoms with Gasteiger partial charge in [0.05, 0.1) is 19.1 Å². The summed E-state index contributed by atoms with van der Waals surface area (Å²) in [7, 11) is 0. The Morgan fingerprint density at radius 3 is 2.61 bits per heavy atom. The number of hydrogen-bond donors (Lipinski definition) is 1. The minimum Gasteiger partial charge on any atom is -0.494 e. The van der Waals surface area contributed by atoms with Crippen LogP contribution in [0.5, 0.6) is 5.75 Å². The highest BCUT2D eigenvalue weighted by atomic mass is 16.5. The molecular weight excluding hydrogens is 296 g/mol. The Morgan fingerprint density at radius 1 is 1.22 bits per heavy atom. The van der Waals surface area contributed by atoms with Crippen molar-refractivity contribution in [2.24, 2.45) is 5.92 Å². The zero-order valence-corrected chi connectivity index (χ0v) is 13.7. The first-order valence-electron chi connectivity index (χ1n) is 8.09. The number of likely N-dealkylation sites (tertiary alicyclic amines) is 1. The van der Waals surface area contributed by atoms with E-state index in [-0.39, 0.29) is 17.9 Å². The summed E-state index contributed by atoms with van der Waals surface area (Å²) >= 11 is 0. The standard InChI is InChI=1S/C17H24N2O4/c1-3-22-15-9-7-14(8-10-15)18-17(21)19-11-5-6-13(12-19)16(20)23-4-2/h7-10,13H,3-6,11-12H2,1-2H3,(H,18,21)/t13-/m1/s1. The van der Waals surface area contributed by atoms with Crippen molar-refractivity contribution in [3.63, 3.8) is 0 Å². The summed E-state index contributed by atoms with van der Waals surface area (Å²) in [5.41, 5.74) is 0.705. The van der Waals surface area contributed by atoms with Gasteiger partial charge in [0, 0.05) is 18.8 Å². The van der Waals surface area contributed by atoms with Gasteiger partial charge in [0.1, 0.15) is 5.75 Å². The van der Waals surface area contributed by atoms with Gasteiger partial charge >= 0.3 is 12.0 Å². The summed E-state index contributed by atoms with van der Waals surface area (Å²) in [5, 5.41) is 2.85. The third kappa shape index (κ3) is 4.87. The number of ether oxygens (including phenoxy) is 2. The number of benzene rings is 1. The fraction of sp³-hybridized carbons (Fsp3) is 0.529. The minimum absolute atomic E-state index is 0.192. The van der Waals surface area contributed by atoms with Crippen molar-refractivity contribution >= 4 is 17.7 Å². The van der Waals surface area contributed by atoms with E-state index in [0.717, 1.165) is 18.6 Å². The summed E-state index contributed by atoms with van der Waals surface area (Å²) in [6, 6.07) is 7.04. The zero-order chi connectivity index (χ0) is 16.7. The number of hydrogen-bond acceptors (Lipinski definition) is 4. The molecule has 0 radical (unpaired) electrons. The van der Waals surface area contributed by atoms with E-state index >= 15 is 0 Å². The first kappa shape index (κ1) is 17.1.